The Bertz CT molecular complexity index is 520. The minimum atomic E-state index is -0.0423. The number of likely N-dealkylation sites (tertiary alicyclic amines) is 1. The molecular formula is C16H21NO3. The third-order valence-electron chi connectivity index (χ3n) is 4.38. The second-order valence-corrected chi connectivity index (χ2v) is 5.90. The maximum atomic E-state index is 12.1. The maximum Gasteiger partial charge on any atom is 0.247 e. The first-order chi connectivity index (χ1) is 9.69. The van der Waals surface area contributed by atoms with Crippen molar-refractivity contribution in [2.45, 2.75) is 38.1 Å². The van der Waals surface area contributed by atoms with Crippen LogP contribution < -0.4 is 0 Å². The van der Waals surface area contributed by atoms with Gasteiger partial charge in [0.1, 0.15) is 11.5 Å². The second-order valence-electron chi connectivity index (χ2n) is 5.90. The van der Waals surface area contributed by atoms with E-state index >= 15 is 0 Å². The van der Waals surface area contributed by atoms with Crippen LogP contribution >= 0.6 is 0 Å². The van der Waals surface area contributed by atoms with Gasteiger partial charge in [0.15, 0.2) is 0 Å². The molecule has 1 aromatic rings. The highest BCUT2D eigenvalue weighted by Crippen LogP contribution is 2.47. The van der Waals surface area contributed by atoms with E-state index in [4.69, 9.17) is 4.42 Å². The lowest BCUT2D eigenvalue weighted by atomic mass is 10.2. The van der Waals surface area contributed by atoms with Crippen LogP contribution in [0.4, 0.5) is 0 Å². The molecule has 2 fully saturated rings. The molecule has 3 unspecified atom stereocenters. The third kappa shape index (κ3) is 2.66. The number of hydrogen-bond acceptors (Lipinski definition) is 3. The Morgan fingerprint density at radius 1 is 1.55 bits per heavy atom. The van der Waals surface area contributed by atoms with Crippen LogP contribution in [0.1, 0.15) is 43.6 Å². The summed E-state index contributed by atoms with van der Waals surface area (Å²) in [4.78, 5) is 13.8. The number of carbonyl (C=O) groups excluding carboxylic acids is 1. The summed E-state index contributed by atoms with van der Waals surface area (Å²) in [6, 6.07) is 3.90. The fourth-order valence-corrected chi connectivity index (χ4v) is 2.94. The Labute approximate surface area is 119 Å². The molecule has 3 atom stereocenters. The van der Waals surface area contributed by atoms with Crippen LogP contribution in [0.3, 0.4) is 0 Å². The normalized spacial score (nSPS) is 29.3. The van der Waals surface area contributed by atoms with Gasteiger partial charge in [0.05, 0.1) is 12.6 Å². The zero-order chi connectivity index (χ0) is 14.1. The van der Waals surface area contributed by atoms with Gasteiger partial charge in [0, 0.05) is 18.5 Å². The number of hydrogen-bond donors (Lipinski definition) is 1. The lowest BCUT2D eigenvalue weighted by Crippen LogP contribution is -2.36. The van der Waals surface area contributed by atoms with Crippen LogP contribution in [-0.2, 0) is 4.79 Å². The van der Waals surface area contributed by atoms with Gasteiger partial charge in [-0.3, -0.25) is 4.79 Å². The first-order valence-corrected chi connectivity index (χ1v) is 7.38. The maximum absolute atomic E-state index is 12.1. The quantitative estimate of drug-likeness (QED) is 0.858. The number of aliphatic hydroxyl groups is 1. The van der Waals surface area contributed by atoms with Crippen LogP contribution in [0.2, 0.25) is 0 Å². The van der Waals surface area contributed by atoms with Crippen LogP contribution in [0.5, 0.6) is 0 Å². The molecular weight excluding hydrogens is 254 g/mol. The van der Waals surface area contributed by atoms with Gasteiger partial charge in [0.2, 0.25) is 5.91 Å². The average molecular weight is 275 g/mol. The van der Waals surface area contributed by atoms with Crippen molar-refractivity contribution in [3.8, 4) is 0 Å². The van der Waals surface area contributed by atoms with Crippen molar-refractivity contribution < 1.29 is 14.3 Å². The molecule has 0 aromatic carbocycles. The number of rotatable bonds is 4. The van der Waals surface area contributed by atoms with Gasteiger partial charge in [-0.25, -0.2) is 0 Å². The molecule has 1 saturated carbocycles. The molecule has 108 valence electrons. The highest BCUT2D eigenvalue weighted by atomic mass is 16.3. The monoisotopic (exact) mass is 275 g/mol. The summed E-state index contributed by atoms with van der Waals surface area (Å²) >= 11 is 0. The Morgan fingerprint density at radius 2 is 2.35 bits per heavy atom. The fraction of sp³-hybridized carbons (Fsp3) is 0.562. The van der Waals surface area contributed by atoms with Gasteiger partial charge in [-0.05, 0) is 43.4 Å². The zero-order valence-electron chi connectivity index (χ0n) is 11.8. The van der Waals surface area contributed by atoms with Crippen LogP contribution in [-0.4, -0.2) is 35.1 Å². The molecule has 4 heteroatoms. The van der Waals surface area contributed by atoms with Crippen molar-refractivity contribution in [1.29, 1.82) is 0 Å². The predicted octanol–water partition coefficient (Wildman–Crippen LogP) is 2.40. The minimum Gasteiger partial charge on any atom is -0.461 e. The molecule has 0 radical (unpaired) electrons. The van der Waals surface area contributed by atoms with Crippen molar-refractivity contribution in [2.75, 3.05) is 13.2 Å². The first kappa shape index (κ1) is 13.4. The molecule has 3 rings (SSSR count). The molecule has 2 heterocycles. The van der Waals surface area contributed by atoms with E-state index in [1.165, 1.54) is 6.42 Å². The van der Waals surface area contributed by atoms with E-state index in [1.54, 1.807) is 17.1 Å². The Kier molecular flexibility index (Phi) is 3.66. The number of furan rings is 1. The van der Waals surface area contributed by atoms with E-state index < -0.39 is 0 Å². The van der Waals surface area contributed by atoms with Gasteiger partial charge in [0.25, 0.3) is 0 Å². The van der Waals surface area contributed by atoms with E-state index in [0.29, 0.717) is 5.92 Å². The molecule has 0 bridgehead atoms. The topological polar surface area (TPSA) is 53.7 Å². The van der Waals surface area contributed by atoms with E-state index in [9.17, 15) is 9.90 Å². The Balaban J connectivity index is 1.61. The number of amides is 1. The third-order valence-corrected chi connectivity index (χ3v) is 4.38. The first-order valence-electron chi connectivity index (χ1n) is 7.38. The summed E-state index contributed by atoms with van der Waals surface area (Å²) in [5.74, 6) is 2.99. The standard InChI is InChI=1S/C16H21NO3/c1-11-9-14(11)15-6-4-13(20-15)5-7-16(19)17-8-2-3-12(17)10-18/h4-7,11-12,14,18H,2-3,8-10H2,1H3. The van der Waals surface area contributed by atoms with Crippen LogP contribution in [0.25, 0.3) is 6.08 Å². The molecule has 1 N–H and O–H groups in total. The Hall–Kier alpha value is -1.55. The minimum absolute atomic E-state index is 0.0216. The number of nitrogens with zero attached hydrogens (tertiary/aromatic N) is 1. The number of carbonyl (C=O) groups is 1. The van der Waals surface area contributed by atoms with Gasteiger partial charge >= 0.3 is 0 Å². The highest BCUT2D eigenvalue weighted by Gasteiger charge is 2.36. The van der Waals surface area contributed by atoms with Crippen molar-refractivity contribution in [1.82, 2.24) is 4.90 Å². The van der Waals surface area contributed by atoms with Gasteiger partial charge in [-0.1, -0.05) is 6.92 Å². The van der Waals surface area contributed by atoms with Gasteiger partial charge in [-0.2, -0.15) is 0 Å². The predicted molar refractivity (Wildman–Crippen MR) is 76.1 cm³/mol. The smallest absolute Gasteiger partial charge is 0.247 e. The van der Waals surface area contributed by atoms with E-state index in [-0.39, 0.29) is 18.6 Å². The largest absolute Gasteiger partial charge is 0.461 e. The summed E-state index contributed by atoms with van der Waals surface area (Å²) in [5.41, 5.74) is 0. The molecule has 4 nitrogen and oxygen atoms in total. The summed E-state index contributed by atoms with van der Waals surface area (Å²) in [6.45, 7) is 3.00. The van der Waals surface area contributed by atoms with Crippen LogP contribution in [0.15, 0.2) is 22.6 Å². The molecule has 1 aromatic heterocycles. The van der Waals surface area contributed by atoms with Crippen molar-refractivity contribution >= 4 is 12.0 Å². The molecule has 20 heavy (non-hydrogen) atoms. The molecule has 0 spiro atoms. The Morgan fingerprint density at radius 3 is 3.05 bits per heavy atom. The van der Waals surface area contributed by atoms with Gasteiger partial charge < -0.3 is 14.4 Å². The summed E-state index contributed by atoms with van der Waals surface area (Å²) < 4.78 is 5.74. The van der Waals surface area contributed by atoms with Gasteiger partial charge in [-0.15, -0.1) is 0 Å². The van der Waals surface area contributed by atoms with Crippen molar-refractivity contribution in [2.24, 2.45) is 5.92 Å². The lowest BCUT2D eigenvalue weighted by Gasteiger charge is -2.21. The molecule has 1 aliphatic heterocycles. The molecule has 1 amide bonds. The van der Waals surface area contributed by atoms with Crippen LogP contribution in [0, 0.1) is 5.92 Å². The van der Waals surface area contributed by atoms with Crippen molar-refractivity contribution in [3.05, 3.63) is 29.7 Å². The summed E-state index contributed by atoms with van der Waals surface area (Å²) in [6.07, 6.45) is 6.33. The van der Waals surface area contributed by atoms with E-state index in [1.807, 2.05) is 12.1 Å². The summed E-state index contributed by atoms with van der Waals surface area (Å²) in [7, 11) is 0. The summed E-state index contributed by atoms with van der Waals surface area (Å²) in [5, 5.41) is 9.23. The zero-order valence-corrected chi connectivity index (χ0v) is 11.8. The SMILES string of the molecule is CC1CC1c1ccc(C=CC(=O)N2CCCC2CO)o1. The molecule has 1 saturated heterocycles. The van der Waals surface area contributed by atoms with E-state index in [0.717, 1.165) is 36.8 Å². The fourth-order valence-electron chi connectivity index (χ4n) is 2.94. The highest BCUT2D eigenvalue weighted by molar-refractivity contribution is 5.91. The number of aliphatic hydroxyl groups excluding tert-OH is 1. The average Bonchev–Trinajstić information content (AvgIpc) is 2.89. The second kappa shape index (κ2) is 5.44. The van der Waals surface area contributed by atoms with E-state index in [2.05, 4.69) is 6.92 Å². The van der Waals surface area contributed by atoms with Crippen molar-refractivity contribution in [3.63, 3.8) is 0 Å². The molecule has 1 aliphatic carbocycles. The molecule has 2 aliphatic rings. The lowest BCUT2D eigenvalue weighted by molar-refractivity contribution is -0.127.